The number of hydrogen-bond acceptors (Lipinski definition) is 5. The fourth-order valence-corrected chi connectivity index (χ4v) is 3.41. The Kier molecular flexibility index (Phi) is 6.90. The van der Waals surface area contributed by atoms with Crippen molar-refractivity contribution >= 4 is 5.91 Å². The minimum absolute atomic E-state index is 0.206. The first kappa shape index (κ1) is 22.0. The van der Waals surface area contributed by atoms with E-state index >= 15 is 0 Å². The number of rotatable bonds is 9. The molecule has 0 aliphatic rings. The van der Waals surface area contributed by atoms with E-state index in [1.165, 1.54) is 0 Å². The molecule has 0 radical (unpaired) electrons. The number of imidazole rings is 1. The maximum absolute atomic E-state index is 13.0. The van der Waals surface area contributed by atoms with Crippen LogP contribution in [0.1, 0.15) is 21.5 Å². The lowest BCUT2D eigenvalue weighted by Crippen LogP contribution is -2.23. The molecule has 0 saturated carbocycles. The Bertz CT molecular complexity index is 1190. The molecule has 33 heavy (non-hydrogen) atoms. The predicted molar refractivity (Wildman–Crippen MR) is 125 cm³/mol. The van der Waals surface area contributed by atoms with Crippen LogP contribution < -0.4 is 19.5 Å². The topological polar surface area (TPSA) is 74.6 Å². The van der Waals surface area contributed by atoms with Crippen LogP contribution in [0.25, 0.3) is 0 Å². The predicted octanol–water partition coefficient (Wildman–Crippen LogP) is 4.67. The Morgan fingerprint density at radius 2 is 1.61 bits per heavy atom. The van der Waals surface area contributed by atoms with Crippen molar-refractivity contribution in [1.29, 1.82) is 0 Å². The molecule has 1 N–H and O–H groups in total. The van der Waals surface area contributed by atoms with E-state index in [2.05, 4.69) is 10.3 Å². The third kappa shape index (κ3) is 5.92. The summed E-state index contributed by atoms with van der Waals surface area (Å²) < 4.78 is 18.6. The van der Waals surface area contributed by atoms with E-state index in [1.54, 1.807) is 38.9 Å². The van der Waals surface area contributed by atoms with Gasteiger partial charge in [-0.2, -0.15) is 0 Å². The van der Waals surface area contributed by atoms with Gasteiger partial charge in [0.2, 0.25) is 0 Å². The molecule has 1 heterocycles. The molecule has 168 valence electrons. The molecule has 0 saturated heterocycles. The normalized spacial score (nSPS) is 10.5. The first-order valence-corrected chi connectivity index (χ1v) is 10.5. The van der Waals surface area contributed by atoms with Crippen molar-refractivity contribution in [2.45, 2.75) is 13.1 Å². The molecule has 0 fully saturated rings. The van der Waals surface area contributed by atoms with E-state index in [0.29, 0.717) is 41.7 Å². The zero-order chi connectivity index (χ0) is 23.0. The highest BCUT2D eigenvalue weighted by atomic mass is 16.5. The van der Waals surface area contributed by atoms with Gasteiger partial charge in [0.1, 0.15) is 23.0 Å². The minimum atomic E-state index is -0.206. The number of methoxy groups -OCH3 is 2. The third-order valence-corrected chi connectivity index (χ3v) is 5.00. The summed E-state index contributed by atoms with van der Waals surface area (Å²) in [6, 6.07) is 20.5. The molecule has 1 aromatic heterocycles. The summed E-state index contributed by atoms with van der Waals surface area (Å²) in [6.07, 6.45) is 5.33. The number of amides is 1. The summed E-state index contributed by atoms with van der Waals surface area (Å²) in [7, 11) is 3.19. The van der Waals surface area contributed by atoms with Crippen LogP contribution in [0.4, 0.5) is 0 Å². The van der Waals surface area contributed by atoms with Gasteiger partial charge in [-0.1, -0.05) is 18.2 Å². The van der Waals surface area contributed by atoms with Crippen LogP contribution in [0, 0.1) is 0 Å². The molecule has 0 aliphatic carbocycles. The molecule has 0 bridgehead atoms. The molecular formula is C26H25N3O4. The van der Waals surface area contributed by atoms with Gasteiger partial charge in [-0.05, 0) is 53.6 Å². The van der Waals surface area contributed by atoms with Gasteiger partial charge in [0.25, 0.3) is 5.91 Å². The Morgan fingerprint density at radius 1 is 0.879 bits per heavy atom. The number of nitrogens with one attached hydrogen (secondary N) is 1. The van der Waals surface area contributed by atoms with Crippen molar-refractivity contribution in [3.63, 3.8) is 0 Å². The molecule has 1 amide bonds. The van der Waals surface area contributed by atoms with Gasteiger partial charge in [-0.25, -0.2) is 4.98 Å². The summed E-state index contributed by atoms with van der Waals surface area (Å²) in [5, 5.41) is 2.97. The zero-order valence-corrected chi connectivity index (χ0v) is 18.5. The Hall–Kier alpha value is -4.26. The van der Waals surface area contributed by atoms with Crippen LogP contribution in [0.3, 0.4) is 0 Å². The number of hydrogen-bond donors (Lipinski definition) is 1. The van der Waals surface area contributed by atoms with Crippen molar-refractivity contribution < 1.29 is 19.0 Å². The first-order chi connectivity index (χ1) is 16.1. The van der Waals surface area contributed by atoms with Gasteiger partial charge in [0, 0.05) is 37.1 Å². The lowest BCUT2D eigenvalue weighted by atomic mass is 10.1. The summed E-state index contributed by atoms with van der Waals surface area (Å²) >= 11 is 0. The minimum Gasteiger partial charge on any atom is -0.497 e. The van der Waals surface area contributed by atoms with Crippen LogP contribution in [0.15, 0.2) is 85.5 Å². The van der Waals surface area contributed by atoms with Crippen LogP contribution in [-0.2, 0) is 13.1 Å². The fourth-order valence-electron chi connectivity index (χ4n) is 3.41. The van der Waals surface area contributed by atoms with Crippen LogP contribution in [-0.4, -0.2) is 29.7 Å². The largest absolute Gasteiger partial charge is 0.497 e. The lowest BCUT2D eigenvalue weighted by Gasteiger charge is -2.13. The second kappa shape index (κ2) is 10.4. The standard InChI is InChI=1S/C26H25N3O4/c1-31-23-11-19(12-24(15-23)32-2)16-28-26(30)21-10-20(17-29-9-8-27-18-29)13-25(14-21)33-22-6-4-3-5-7-22/h3-15,18H,16-17H2,1-2H3,(H,28,30). The molecule has 7 nitrogen and oxygen atoms in total. The number of carbonyl (C=O) groups excluding carboxylic acids is 1. The SMILES string of the molecule is COc1cc(CNC(=O)c2cc(Cn3ccnc3)cc(Oc3ccccc3)c2)cc(OC)c1. The summed E-state index contributed by atoms with van der Waals surface area (Å²) in [5.74, 6) is 2.42. The number of aromatic nitrogens is 2. The first-order valence-electron chi connectivity index (χ1n) is 10.5. The van der Waals surface area contributed by atoms with Crippen LogP contribution >= 0.6 is 0 Å². The highest BCUT2D eigenvalue weighted by Crippen LogP contribution is 2.25. The fraction of sp³-hybridized carbons (Fsp3) is 0.154. The third-order valence-electron chi connectivity index (χ3n) is 5.00. The molecule has 0 spiro atoms. The van der Waals surface area contributed by atoms with Crippen molar-refractivity contribution in [1.82, 2.24) is 14.9 Å². The number of benzene rings is 3. The van der Waals surface area contributed by atoms with E-state index in [-0.39, 0.29) is 5.91 Å². The smallest absolute Gasteiger partial charge is 0.251 e. The number of para-hydroxylation sites is 1. The molecule has 4 rings (SSSR count). The van der Waals surface area contributed by atoms with E-state index in [9.17, 15) is 4.79 Å². The molecule has 0 unspecified atom stereocenters. The second-order valence-corrected chi connectivity index (χ2v) is 7.42. The van der Waals surface area contributed by atoms with Gasteiger partial charge in [0.15, 0.2) is 0 Å². The van der Waals surface area contributed by atoms with E-state index in [0.717, 1.165) is 11.1 Å². The van der Waals surface area contributed by atoms with Gasteiger partial charge in [-0.3, -0.25) is 4.79 Å². The molecule has 0 aliphatic heterocycles. The summed E-state index contributed by atoms with van der Waals surface area (Å²) in [6.45, 7) is 0.895. The number of ether oxygens (including phenoxy) is 3. The maximum atomic E-state index is 13.0. The van der Waals surface area contributed by atoms with Crippen molar-refractivity contribution in [3.05, 3.63) is 102 Å². The van der Waals surface area contributed by atoms with Crippen molar-refractivity contribution in [3.8, 4) is 23.0 Å². The van der Waals surface area contributed by atoms with Crippen LogP contribution in [0.2, 0.25) is 0 Å². The quantitative estimate of drug-likeness (QED) is 0.407. The molecule has 3 aromatic carbocycles. The maximum Gasteiger partial charge on any atom is 0.251 e. The summed E-state index contributed by atoms with van der Waals surface area (Å²) in [4.78, 5) is 17.1. The molecule has 0 atom stereocenters. The average molecular weight is 444 g/mol. The van der Waals surface area contributed by atoms with Gasteiger partial charge in [0.05, 0.1) is 20.5 Å². The molecule has 7 heteroatoms. The monoisotopic (exact) mass is 443 g/mol. The van der Waals surface area contributed by atoms with E-state index < -0.39 is 0 Å². The number of nitrogens with zero attached hydrogens (tertiary/aromatic N) is 2. The zero-order valence-electron chi connectivity index (χ0n) is 18.5. The van der Waals surface area contributed by atoms with Gasteiger partial charge in [-0.15, -0.1) is 0 Å². The van der Waals surface area contributed by atoms with Crippen molar-refractivity contribution in [2.75, 3.05) is 14.2 Å². The highest BCUT2D eigenvalue weighted by Gasteiger charge is 2.12. The summed E-state index contributed by atoms with van der Waals surface area (Å²) in [5.41, 5.74) is 2.30. The van der Waals surface area contributed by atoms with E-state index in [4.69, 9.17) is 14.2 Å². The Morgan fingerprint density at radius 3 is 2.27 bits per heavy atom. The lowest BCUT2D eigenvalue weighted by molar-refractivity contribution is 0.0950. The highest BCUT2D eigenvalue weighted by molar-refractivity contribution is 5.94. The number of carbonyl (C=O) groups is 1. The van der Waals surface area contributed by atoms with Crippen LogP contribution in [0.5, 0.6) is 23.0 Å². The Labute approximate surface area is 192 Å². The van der Waals surface area contributed by atoms with Gasteiger partial charge >= 0.3 is 0 Å². The van der Waals surface area contributed by atoms with E-state index in [1.807, 2.05) is 65.4 Å². The molecular weight excluding hydrogens is 418 g/mol. The molecule has 4 aromatic rings. The Balaban J connectivity index is 1.55. The van der Waals surface area contributed by atoms with Gasteiger partial charge < -0.3 is 24.1 Å². The average Bonchev–Trinajstić information content (AvgIpc) is 3.35. The van der Waals surface area contributed by atoms with Crippen molar-refractivity contribution in [2.24, 2.45) is 0 Å². The second-order valence-electron chi connectivity index (χ2n) is 7.42.